The number of amides is 1. The third-order valence-corrected chi connectivity index (χ3v) is 4.77. The van der Waals surface area contributed by atoms with E-state index in [-0.39, 0.29) is 5.91 Å². The maximum absolute atomic E-state index is 12.1. The summed E-state index contributed by atoms with van der Waals surface area (Å²) in [5.41, 5.74) is 3.87. The normalized spacial score (nSPS) is 11.2. The van der Waals surface area contributed by atoms with E-state index >= 15 is 0 Å². The van der Waals surface area contributed by atoms with E-state index in [4.69, 9.17) is 0 Å². The molecule has 0 spiro atoms. The largest absolute Gasteiger partial charge is 0.348 e. The van der Waals surface area contributed by atoms with E-state index < -0.39 is 0 Å². The van der Waals surface area contributed by atoms with E-state index in [9.17, 15) is 4.79 Å². The van der Waals surface area contributed by atoms with E-state index in [0.717, 1.165) is 32.5 Å². The number of carbonyl (C=O) groups excluding carboxylic acids is 1. The predicted molar refractivity (Wildman–Crippen MR) is 101 cm³/mol. The number of hydrogen-bond donors (Lipinski definition) is 1. The van der Waals surface area contributed by atoms with Crippen LogP contribution < -0.4 is 5.32 Å². The molecule has 0 atom stereocenters. The summed E-state index contributed by atoms with van der Waals surface area (Å²) in [4.78, 5) is 17.3. The minimum absolute atomic E-state index is 0.127. The Labute approximate surface area is 151 Å². The van der Waals surface area contributed by atoms with Crippen LogP contribution in [0.3, 0.4) is 0 Å². The highest BCUT2D eigenvalue weighted by atomic mass is 32.1. The second-order valence-corrected chi connectivity index (χ2v) is 7.05. The smallest absolute Gasteiger partial charge is 0.244 e. The maximum Gasteiger partial charge on any atom is 0.244 e. The fraction of sp³-hybridized carbons (Fsp3) is 0.211. The summed E-state index contributed by atoms with van der Waals surface area (Å²) in [5, 5.41) is 8.46. The molecule has 2 heterocycles. The molecule has 25 heavy (non-hydrogen) atoms. The van der Waals surface area contributed by atoms with Gasteiger partial charge in [-0.05, 0) is 39.0 Å². The first-order valence-corrected chi connectivity index (χ1v) is 8.85. The van der Waals surface area contributed by atoms with Gasteiger partial charge in [0.1, 0.15) is 0 Å². The molecule has 0 aliphatic rings. The lowest BCUT2D eigenvalue weighted by Gasteiger charge is -2.03. The topological polar surface area (TPSA) is 59.8 Å². The molecule has 1 N–H and O–H groups in total. The van der Waals surface area contributed by atoms with Crippen LogP contribution in [0.5, 0.6) is 0 Å². The molecule has 0 saturated carbocycles. The zero-order valence-electron chi connectivity index (χ0n) is 14.5. The molecule has 1 amide bonds. The van der Waals surface area contributed by atoms with Gasteiger partial charge in [0.15, 0.2) is 0 Å². The molecule has 6 heteroatoms. The van der Waals surface area contributed by atoms with Crippen LogP contribution >= 0.6 is 11.3 Å². The van der Waals surface area contributed by atoms with E-state index in [0.29, 0.717) is 6.54 Å². The molecule has 1 aromatic carbocycles. The van der Waals surface area contributed by atoms with Crippen LogP contribution in [0.2, 0.25) is 0 Å². The number of aromatic nitrogens is 3. The molecular formula is C19H20N4OS. The monoisotopic (exact) mass is 352 g/mol. The third kappa shape index (κ3) is 4.03. The van der Waals surface area contributed by atoms with Crippen molar-refractivity contribution < 1.29 is 4.79 Å². The van der Waals surface area contributed by atoms with Crippen LogP contribution in [-0.4, -0.2) is 20.7 Å². The first kappa shape index (κ1) is 17.1. The zero-order valence-corrected chi connectivity index (χ0v) is 15.3. The van der Waals surface area contributed by atoms with Gasteiger partial charge in [-0.1, -0.05) is 18.2 Å². The summed E-state index contributed by atoms with van der Waals surface area (Å²) in [5.74, 6) is -0.127. The Balaban J connectivity index is 1.71. The summed E-state index contributed by atoms with van der Waals surface area (Å²) in [6, 6.07) is 9.96. The van der Waals surface area contributed by atoms with Crippen molar-refractivity contribution >= 4 is 23.3 Å². The molecule has 0 aliphatic carbocycles. The number of benzene rings is 1. The SMILES string of the molecule is Cc1ncc(CNC(=O)C=Cc2c(C)nn(-c3ccccc3)c2C)s1. The van der Waals surface area contributed by atoms with E-state index in [1.54, 1.807) is 23.6 Å². The van der Waals surface area contributed by atoms with Gasteiger partial charge in [0.05, 0.1) is 22.9 Å². The van der Waals surface area contributed by atoms with Gasteiger partial charge < -0.3 is 5.32 Å². The number of nitrogens with one attached hydrogen (secondary N) is 1. The Morgan fingerprint density at radius 2 is 2.00 bits per heavy atom. The lowest BCUT2D eigenvalue weighted by molar-refractivity contribution is -0.116. The average molecular weight is 352 g/mol. The van der Waals surface area contributed by atoms with Crippen molar-refractivity contribution in [1.29, 1.82) is 0 Å². The summed E-state index contributed by atoms with van der Waals surface area (Å²) in [6.45, 7) is 6.40. The van der Waals surface area contributed by atoms with Crippen molar-refractivity contribution in [2.24, 2.45) is 0 Å². The number of thiazole rings is 1. The van der Waals surface area contributed by atoms with Crippen molar-refractivity contribution in [2.45, 2.75) is 27.3 Å². The number of rotatable bonds is 5. The predicted octanol–water partition coefficient (Wildman–Crippen LogP) is 3.58. The minimum atomic E-state index is -0.127. The fourth-order valence-electron chi connectivity index (χ4n) is 2.60. The van der Waals surface area contributed by atoms with Crippen molar-refractivity contribution in [2.75, 3.05) is 0 Å². The zero-order chi connectivity index (χ0) is 17.8. The highest BCUT2D eigenvalue weighted by Crippen LogP contribution is 2.19. The Bertz CT molecular complexity index is 909. The molecule has 0 radical (unpaired) electrons. The third-order valence-electron chi connectivity index (χ3n) is 3.86. The molecule has 3 rings (SSSR count). The van der Waals surface area contributed by atoms with E-state index in [2.05, 4.69) is 15.4 Å². The highest BCUT2D eigenvalue weighted by molar-refractivity contribution is 7.11. The molecule has 0 saturated heterocycles. The van der Waals surface area contributed by atoms with Gasteiger partial charge in [-0.3, -0.25) is 4.79 Å². The van der Waals surface area contributed by atoms with E-state index in [1.165, 1.54) is 0 Å². The Hall–Kier alpha value is -2.73. The molecule has 0 fully saturated rings. The van der Waals surface area contributed by atoms with Gasteiger partial charge in [-0.15, -0.1) is 11.3 Å². The standard InChI is InChI=1S/C19H20N4OS/c1-13-18(14(2)23(22-13)16-7-5-4-6-8-16)9-10-19(24)21-12-17-11-20-15(3)25-17/h4-11H,12H2,1-3H3,(H,21,24). The first-order chi connectivity index (χ1) is 12.0. The van der Waals surface area contributed by atoms with Crippen LogP contribution in [0.1, 0.15) is 26.8 Å². The van der Waals surface area contributed by atoms with Crippen molar-refractivity contribution in [1.82, 2.24) is 20.1 Å². The Kier molecular flexibility index (Phi) is 5.09. The van der Waals surface area contributed by atoms with Gasteiger partial charge in [-0.2, -0.15) is 5.10 Å². The average Bonchev–Trinajstić information content (AvgIpc) is 3.15. The Morgan fingerprint density at radius 3 is 2.68 bits per heavy atom. The molecular weight excluding hydrogens is 332 g/mol. The second kappa shape index (κ2) is 7.44. The summed E-state index contributed by atoms with van der Waals surface area (Å²) < 4.78 is 1.90. The molecule has 0 bridgehead atoms. The van der Waals surface area contributed by atoms with Gasteiger partial charge in [0, 0.05) is 28.4 Å². The van der Waals surface area contributed by atoms with E-state index in [1.807, 2.05) is 61.9 Å². The molecule has 0 unspecified atom stereocenters. The lowest BCUT2D eigenvalue weighted by Crippen LogP contribution is -2.19. The van der Waals surface area contributed by atoms with Gasteiger partial charge in [0.2, 0.25) is 5.91 Å². The van der Waals surface area contributed by atoms with Crippen LogP contribution in [0.4, 0.5) is 0 Å². The van der Waals surface area contributed by atoms with Crippen LogP contribution in [0, 0.1) is 20.8 Å². The number of nitrogens with zero attached hydrogens (tertiary/aromatic N) is 3. The minimum Gasteiger partial charge on any atom is -0.348 e. The number of carbonyl (C=O) groups is 1. The van der Waals surface area contributed by atoms with Crippen molar-refractivity contribution in [3.63, 3.8) is 0 Å². The van der Waals surface area contributed by atoms with Gasteiger partial charge in [-0.25, -0.2) is 9.67 Å². The van der Waals surface area contributed by atoms with Crippen LogP contribution in [0.15, 0.2) is 42.6 Å². The fourth-order valence-corrected chi connectivity index (χ4v) is 3.33. The van der Waals surface area contributed by atoms with Crippen LogP contribution in [0.25, 0.3) is 11.8 Å². The van der Waals surface area contributed by atoms with Crippen molar-refractivity contribution in [3.8, 4) is 5.69 Å². The highest BCUT2D eigenvalue weighted by Gasteiger charge is 2.10. The summed E-state index contributed by atoms with van der Waals surface area (Å²) >= 11 is 1.59. The van der Waals surface area contributed by atoms with Crippen molar-refractivity contribution in [3.05, 3.63) is 69.4 Å². The maximum atomic E-state index is 12.1. The summed E-state index contributed by atoms with van der Waals surface area (Å²) in [7, 11) is 0. The van der Waals surface area contributed by atoms with Crippen LogP contribution in [-0.2, 0) is 11.3 Å². The number of para-hydroxylation sites is 1. The van der Waals surface area contributed by atoms with Gasteiger partial charge in [0.25, 0.3) is 0 Å². The quantitative estimate of drug-likeness (QED) is 0.714. The number of aryl methyl sites for hydroxylation is 2. The first-order valence-electron chi connectivity index (χ1n) is 8.03. The summed E-state index contributed by atoms with van der Waals surface area (Å²) in [6.07, 6.45) is 5.17. The second-order valence-electron chi connectivity index (χ2n) is 5.73. The molecule has 128 valence electrons. The Morgan fingerprint density at radius 1 is 1.24 bits per heavy atom. The van der Waals surface area contributed by atoms with Gasteiger partial charge >= 0.3 is 0 Å². The number of hydrogen-bond acceptors (Lipinski definition) is 4. The molecule has 5 nitrogen and oxygen atoms in total. The molecule has 3 aromatic rings. The lowest BCUT2D eigenvalue weighted by atomic mass is 10.2. The molecule has 2 aromatic heterocycles. The molecule has 0 aliphatic heterocycles.